The molecule has 4 nitrogen and oxygen atoms in total. The van der Waals surface area contributed by atoms with Crippen LogP contribution in [0, 0.1) is 6.07 Å². The Hall–Kier alpha value is -1.46. The molecule has 0 aliphatic carbocycles. The maximum Gasteiger partial charge on any atom is 0.273 e. The summed E-state index contributed by atoms with van der Waals surface area (Å²) in [4.78, 5) is 4.22. The summed E-state index contributed by atoms with van der Waals surface area (Å²) in [6.45, 7) is 1.68. The molecular formula is C12H12NO3S. The van der Waals surface area contributed by atoms with E-state index in [1.807, 2.05) is 18.2 Å². The normalized spacial score (nSPS) is 13.8. The van der Waals surface area contributed by atoms with E-state index in [-0.39, 0.29) is 12.1 Å². The molecule has 1 radical (unpaired) electrons. The number of hydrogen-bond acceptors (Lipinski definition) is 3. The summed E-state index contributed by atoms with van der Waals surface area (Å²) in [6, 6.07) is 11.9. The molecule has 0 saturated carbocycles. The first kappa shape index (κ1) is 12.0. The Morgan fingerprint density at radius 1 is 1.41 bits per heavy atom. The Bertz CT molecular complexity index is 637. The molecule has 17 heavy (non-hydrogen) atoms. The molecule has 2 rings (SSSR count). The van der Waals surface area contributed by atoms with E-state index in [2.05, 4.69) is 11.1 Å². The van der Waals surface area contributed by atoms with Crippen molar-refractivity contribution in [1.29, 1.82) is 0 Å². The van der Waals surface area contributed by atoms with Gasteiger partial charge in [-0.3, -0.25) is 9.54 Å². The molecule has 0 bridgehead atoms. The van der Waals surface area contributed by atoms with Crippen molar-refractivity contribution in [2.24, 2.45) is 0 Å². The van der Waals surface area contributed by atoms with Gasteiger partial charge in [-0.2, -0.15) is 8.42 Å². The van der Waals surface area contributed by atoms with Crippen molar-refractivity contribution in [3.8, 4) is 0 Å². The molecule has 1 N–H and O–H groups in total. The number of pyridine rings is 1. The van der Waals surface area contributed by atoms with E-state index in [1.54, 1.807) is 19.1 Å². The van der Waals surface area contributed by atoms with Crippen LogP contribution >= 0.6 is 0 Å². The minimum Gasteiger partial charge on any atom is -0.285 e. The maximum atomic E-state index is 11.2. The largest absolute Gasteiger partial charge is 0.285 e. The average Bonchev–Trinajstić information content (AvgIpc) is 2.28. The van der Waals surface area contributed by atoms with E-state index in [0.29, 0.717) is 5.52 Å². The second kappa shape index (κ2) is 4.43. The van der Waals surface area contributed by atoms with E-state index in [1.165, 1.54) is 0 Å². The van der Waals surface area contributed by atoms with Crippen molar-refractivity contribution in [1.82, 2.24) is 4.98 Å². The first-order valence-corrected chi connectivity index (χ1v) is 6.76. The number of nitrogens with zero attached hydrogens (tertiary/aromatic N) is 1. The lowest BCUT2D eigenvalue weighted by molar-refractivity contribution is 0.465. The van der Waals surface area contributed by atoms with Gasteiger partial charge in [-0.25, -0.2) is 0 Å². The molecule has 2 aromatic rings. The molecule has 0 aliphatic rings. The second-order valence-electron chi connectivity index (χ2n) is 3.76. The Balaban J connectivity index is 2.56. The molecule has 1 heterocycles. The number of fused-ring (bicyclic) bond motifs is 1. The van der Waals surface area contributed by atoms with Crippen molar-refractivity contribution in [2.75, 3.05) is 0 Å². The minimum absolute atomic E-state index is 0.258. The smallest absolute Gasteiger partial charge is 0.273 e. The third-order valence-corrected chi connectivity index (χ3v) is 3.86. The highest BCUT2D eigenvalue weighted by Crippen LogP contribution is 2.24. The number of benzene rings is 1. The van der Waals surface area contributed by atoms with Crippen LogP contribution in [0.15, 0.2) is 30.3 Å². The molecule has 0 fully saturated rings. The van der Waals surface area contributed by atoms with Gasteiger partial charge in [0.05, 0.1) is 11.2 Å². The molecular weight excluding hydrogens is 238 g/mol. The Morgan fingerprint density at radius 2 is 2.12 bits per heavy atom. The van der Waals surface area contributed by atoms with Crippen LogP contribution in [0.3, 0.4) is 0 Å². The highest BCUT2D eigenvalue weighted by atomic mass is 32.2. The lowest BCUT2D eigenvalue weighted by atomic mass is 10.1. The van der Waals surface area contributed by atoms with Crippen LogP contribution in [-0.4, -0.2) is 18.0 Å². The highest BCUT2D eigenvalue weighted by Gasteiger charge is 2.24. The van der Waals surface area contributed by atoms with Gasteiger partial charge < -0.3 is 0 Å². The van der Waals surface area contributed by atoms with E-state index in [0.717, 1.165) is 5.39 Å². The zero-order valence-electron chi connectivity index (χ0n) is 9.29. The van der Waals surface area contributed by atoms with Gasteiger partial charge in [0.25, 0.3) is 10.1 Å². The molecule has 5 heteroatoms. The monoisotopic (exact) mass is 250 g/mol. The van der Waals surface area contributed by atoms with E-state index < -0.39 is 15.4 Å². The number of hydrogen-bond donors (Lipinski definition) is 1. The van der Waals surface area contributed by atoms with E-state index in [9.17, 15) is 8.42 Å². The number of aromatic nitrogens is 1. The van der Waals surface area contributed by atoms with Crippen molar-refractivity contribution >= 4 is 21.0 Å². The van der Waals surface area contributed by atoms with Gasteiger partial charge in [0.1, 0.15) is 5.25 Å². The van der Waals surface area contributed by atoms with E-state index >= 15 is 0 Å². The number of rotatable bonds is 3. The SMILES string of the molecule is CCC(c1[c]cc2ccccc2n1)S(=O)(=O)O. The Morgan fingerprint density at radius 3 is 2.76 bits per heavy atom. The second-order valence-corrected chi connectivity index (χ2v) is 5.36. The minimum atomic E-state index is -4.13. The number of para-hydroxylation sites is 1. The van der Waals surface area contributed by atoms with Crippen LogP contribution in [-0.2, 0) is 10.1 Å². The summed E-state index contributed by atoms with van der Waals surface area (Å²) < 4.78 is 31.5. The van der Waals surface area contributed by atoms with Gasteiger partial charge in [-0.1, -0.05) is 25.1 Å². The van der Waals surface area contributed by atoms with Crippen LogP contribution in [0.5, 0.6) is 0 Å². The summed E-state index contributed by atoms with van der Waals surface area (Å²) in [5.74, 6) is 0. The molecule has 0 spiro atoms. The molecule has 1 atom stereocenters. The van der Waals surface area contributed by atoms with Crippen molar-refractivity contribution < 1.29 is 13.0 Å². The zero-order chi connectivity index (χ0) is 12.5. The van der Waals surface area contributed by atoms with Crippen LogP contribution in [0.2, 0.25) is 0 Å². The van der Waals surface area contributed by atoms with Crippen LogP contribution < -0.4 is 0 Å². The van der Waals surface area contributed by atoms with Crippen molar-refractivity contribution in [2.45, 2.75) is 18.6 Å². The average molecular weight is 250 g/mol. The van der Waals surface area contributed by atoms with E-state index in [4.69, 9.17) is 4.55 Å². The first-order valence-electron chi connectivity index (χ1n) is 5.26. The predicted molar refractivity (Wildman–Crippen MR) is 65.2 cm³/mol. The predicted octanol–water partition coefficient (Wildman–Crippen LogP) is 2.37. The topological polar surface area (TPSA) is 67.3 Å². The third kappa shape index (κ3) is 2.45. The molecule has 89 valence electrons. The molecule has 1 unspecified atom stereocenters. The molecule has 1 aromatic carbocycles. The first-order chi connectivity index (χ1) is 8.02. The highest BCUT2D eigenvalue weighted by molar-refractivity contribution is 7.86. The fourth-order valence-corrected chi connectivity index (χ4v) is 2.56. The quantitative estimate of drug-likeness (QED) is 0.849. The third-order valence-electron chi connectivity index (χ3n) is 2.59. The molecule has 0 amide bonds. The summed E-state index contributed by atoms with van der Waals surface area (Å²) in [6.07, 6.45) is 0.265. The molecule has 0 aliphatic heterocycles. The fourth-order valence-electron chi connectivity index (χ4n) is 1.74. The lowest BCUT2D eigenvalue weighted by Gasteiger charge is -2.11. The van der Waals surface area contributed by atoms with Crippen LogP contribution in [0.25, 0.3) is 10.9 Å². The standard InChI is InChI=1S/C12H12NO3S/c1-2-12(17(14,15)16)11-8-7-9-5-3-4-6-10(9)13-11/h3-7,12H,2H2,1H3,(H,14,15,16). The summed E-state index contributed by atoms with van der Waals surface area (Å²) in [5, 5.41) is -0.117. The van der Waals surface area contributed by atoms with Crippen LogP contribution in [0.4, 0.5) is 0 Å². The van der Waals surface area contributed by atoms with Gasteiger partial charge >= 0.3 is 0 Å². The Labute approximate surface area is 100 Å². The van der Waals surface area contributed by atoms with Crippen molar-refractivity contribution in [3.05, 3.63) is 42.1 Å². The molecule has 0 saturated heterocycles. The van der Waals surface area contributed by atoms with Crippen molar-refractivity contribution in [3.63, 3.8) is 0 Å². The molecule has 1 aromatic heterocycles. The summed E-state index contributed by atoms with van der Waals surface area (Å²) in [5.41, 5.74) is 0.956. The summed E-state index contributed by atoms with van der Waals surface area (Å²) >= 11 is 0. The van der Waals surface area contributed by atoms with Gasteiger partial charge in [0, 0.05) is 11.5 Å². The summed E-state index contributed by atoms with van der Waals surface area (Å²) in [7, 11) is -4.13. The van der Waals surface area contributed by atoms with Gasteiger partial charge in [-0.05, 0) is 18.6 Å². The van der Waals surface area contributed by atoms with Crippen LogP contribution in [0.1, 0.15) is 24.3 Å². The zero-order valence-corrected chi connectivity index (χ0v) is 10.1. The lowest BCUT2D eigenvalue weighted by Crippen LogP contribution is -2.12. The maximum absolute atomic E-state index is 11.2. The van der Waals surface area contributed by atoms with Gasteiger partial charge in [0.15, 0.2) is 0 Å². The Kier molecular flexibility index (Phi) is 3.13. The van der Waals surface area contributed by atoms with Gasteiger partial charge in [0.2, 0.25) is 0 Å². The fraction of sp³-hybridized carbons (Fsp3) is 0.250. The van der Waals surface area contributed by atoms with Gasteiger partial charge in [-0.15, -0.1) is 0 Å².